The van der Waals surface area contributed by atoms with Crippen molar-refractivity contribution in [2.45, 2.75) is 37.8 Å². The van der Waals surface area contributed by atoms with E-state index in [0.29, 0.717) is 12.8 Å². The van der Waals surface area contributed by atoms with Gasteiger partial charge in [-0.25, -0.2) is 4.39 Å². The number of anilines is 1. The molecular formula is C16H17FN2O3. The second-order valence-electron chi connectivity index (χ2n) is 5.19. The molecule has 1 aromatic rings. The van der Waals surface area contributed by atoms with Crippen molar-refractivity contribution in [1.29, 1.82) is 0 Å². The maximum atomic E-state index is 14.0. The minimum atomic E-state index is -0.766. The Balaban J connectivity index is 2.21. The van der Waals surface area contributed by atoms with Crippen LogP contribution in [0.3, 0.4) is 0 Å². The highest BCUT2D eigenvalue weighted by molar-refractivity contribution is 6.08. The van der Waals surface area contributed by atoms with E-state index in [0.717, 1.165) is 18.9 Å². The maximum absolute atomic E-state index is 14.0. The van der Waals surface area contributed by atoms with Gasteiger partial charge in [0.25, 0.3) is 11.8 Å². The van der Waals surface area contributed by atoms with Gasteiger partial charge in [-0.3, -0.25) is 9.59 Å². The number of halogens is 1. The highest BCUT2D eigenvalue weighted by atomic mass is 19.1. The zero-order valence-electron chi connectivity index (χ0n) is 11.9. The van der Waals surface area contributed by atoms with E-state index in [-0.39, 0.29) is 11.3 Å². The molecule has 5 nitrogen and oxygen atoms in total. The van der Waals surface area contributed by atoms with Crippen LogP contribution in [0.1, 0.15) is 36.0 Å². The summed E-state index contributed by atoms with van der Waals surface area (Å²) in [6.07, 6.45) is 7.34. The molecule has 0 unspecified atom stereocenters. The quantitative estimate of drug-likeness (QED) is 0.739. The van der Waals surface area contributed by atoms with Crippen LogP contribution in [0.25, 0.3) is 0 Å². The first-order chi connectivity index (χ1) is 10.5. The number of carbonyl (C=O) groups is 2. The van der Waals surface area contributed by atoms with Crippen LogP contribution in [0.2, 0.25) is 0 Å². The van der Waals surface area contributed by atoms with Gasteiger partial charge in [-0.2, -0.15) is 0 Å². The van der Waals surface area contributed by atoms with Gasteiger partial charge in [0.15, 0.2) is 0 Å². The Morgan fingerprint density at radius 2 is 2.05 bits per heavy atom. The lowest BCUT2D eigenvalue weighted by Gasteiger charge is -2.28. The highest BCUT2D eigenvalue weighted by Crippen LogP contribution is 2.22. The van der Waals surface area contributed by atoms with Crippen LogP contribution in [0.15, 0.2) is 18.2 Å². The Bertz CT molecular complexity index is 624. The number of aliphatic hydroxyl groups is 1. The fraction of sp³-hybridized carbons (Fsp3) is 0.375. The van der Waals surface area contributed by atoms with Crippen LogP contribution in [0, 0.1) is 18.2 Å². The predicted octanol–water partition coefficient (Wildman–Crippen LogP) is 1.43. The minimum Gasteiger partial charge on any atom is -0.391 e. The molecule has 0 bridgehead atoms. The van der Waals surface area contributed by atoms with Crippen molar-refractivity contribution in [1.82, 2.24) is 5.32 Å². The lowest BCUT2D eigenvalue weighted by atomic mass is 9.92. The molecule has 2 rings (SSSR count). The maximum Gasteiger partial charge on any atom is 0.300 e. The molecule has 3 N–H and O–H groups in total. The van der Waals surface area contributed by atoms with Crippen molar-refractivity contribution >= 4 is 17.5 Å². The van der Waals surface area contributed by atoms with E-state index >= 15 is 0 Å². The van der Waals surface area contributed by atoms with E-state index in [1.54, 1.807) is 0 Å². The van der Waals surface area contributed by atoms with Gasteiger partial charge in [0, 0.05) is 0 Å². The normalized spacial score (nSPS) is 20.8. The number of terminal acetylenes is 1. The molecule has 1 saturated carbocycles. The van der Waals surface area contributed by atoms with Gasteiger partial charge in [-0.15, -0.1) is 6.42 Å². The molecule has 22 heavy (non-hydrogen) atoms. The molecule has 0 radical (unpaired) electrons. The van der Waals surface area contributed by atoms with E-state index in [4.69, 9.17) is 6.42 Å². The summed E-state index contributed by atoms with van der Waals surface area (Å²) < 4.78 is 14.0. The first-order valence-corrected chi connectivity index (χ1v) is 7.08. The zero-order chi connectivity index (χ0) is 16.1. The summed E-state index contributed by atoms with van der Waals surface area (Å²) in [5, 5.41) is 14.8. The van der Waals surface area contributed by atoms with E-state index in [2.05, 4.69) is 10.6 Å². The molecule has 0 saturated heterocycles. The molecule has 1 aliphatic rings. The van der Waals surface area contributed by atoms with Crippen molar-refractivity contribution in [2.75, 3.05) is 5.32 Å². The van der Waals surface area contributed by atoms with Gasteiger partial charge in [0.2, 0.25) is 0 Å². The number of nitrogens with one attached hydrogen (secondary N) is 2. The largest absolute Gasteiger partial charge is 0.391 e. The molecule has 1 aromatic carbocycles. The predicted molar refractivity (Wildman–Crippen MR) is 79.6 cm³/mol. The van der Waals surface area contributed by atoms with Crippen LogP contribution in [-0.2, 0) is 4.79 Å². The summed E-state index contributed by atoms with van der Waals surface area (Å²) in [6, 6.07) is 3.47. The van der Waals surface area contributed by atoms with Crippen molar-refractivity contribution in [3.8, 4) is 12.3 Å². The molecule has 0 aromatic heterocycles. The Morgan fingerprint density at radius 3 is 2.73 bits per heavy atom. The minimum absolute atomic E-state index is 0.00532. The van der Waals surface area contributed by atoms with Gasteiger partial charge in [-0.05, 0) is 30.9 Å². The standard InChI is InChI=1S/C16H17FN2O3/c1-2-14(21)18-12-8-5-6-10(17)15(12)16(22)19-11-7-3-4-9-13(11)20/h1,5-6,8,11,13,20H,3-4,7,9H2,(H,18,21)(H,19,22)/t11-,13-/m1/s1. The van der Waals surface area contributed by atoms with Gasteiger partial charge in [0.05, 0.1) is 23.4 Å². The van der Waals surface area contributed by atoms with Crippen molar-refractivity contribution in [3.05, 3.63) is 29.6 Å². The van der Waals surface area contributed by atoms with Gasteiger partial charge in [-0.1, -0.05) is 18.9 Å². The number of rotatable bonds is 3. The van der Waals surface area contributed by atoms with Crippen LogP contribution in [0.5, 0.6) is 0 Å². The van der Waals surface area contributed by atoms with E-state index in [1.165, 1.54) is 12.1 Å². The van der Waals surface area contributed by atoms with Gasteiger partial charge in [0.1, 0.15) is 5.82 Å². The number of amides is 2. The molecule has 0 aliphatic heterocycles. The molecule has 2 amide bonds. The van der Waals surface area contributed by atoms with Crippen LogP contribution < -0.4 is 10.6 Å². The first-order valence-electron chi connectivity index (χ1n) is 7.08. The average Bonchev–Trinajstić information content (AvgIpc) is 2.49. The monoisotopic (exact) mass is 304 g/mol. The summed E-state index contributed by atoms with van der Waals surface area (Å²) in [5.74, 6) is -0.373. The first kappa shape index (κ1) is 16.0. The van der Waals surface area contributed by atoms with Crippen LogP contribution in [0.4, 0.5) is 10.1 Å². The second kappa shape index (κ2) is 7.05. The molecule has 116 valence electrons. The number of hydrogen-bond donors (Lipinski definition) is 3. The molecule has 0 heterocycles. The van der Waals surface area contributed by atoms with Crippen molar-refractivity contribution in [2.24, 2.45) is 0 Å². The molecule has 1 aliphatic carbocycles. The van der Waals surface area contributed by atoms with Crippen molar-refractivity contribution < 1.29 is 19.1 Å². The average molecular weight is 304 g/mol. The Hall–Kier alpha value is -2.39. The third-order valence-corrected chi connectivity index (χ3v) is 3.67. The topological polar surface area (TPSA) is 78.4 Å². The SMILES string of the molecule is C#CC(=O)Nc1cccc(F)c1C(=O)N[C@@H]1CCCC[C@H]1O. The summed E-state index contributed by atoms with van der Waals surface area (Å²) in [4.78, 5) is 23.6. The molecule has 0 spiro atoms. The third kappa shape index (κ3) is 3.62. The van der Waals surface area contributed by atoms with Gasteiger partial charge >= 0.3 is 0 Å². The van der Waals surface area contributed by atoms with Crippen molar-refractivity contribution in [3.63, 3.8) is 0 Å². The number of aliphatic hydroxyl groups excluding tert-OH is 1. The Morgan fingerprint density at radius 1 is 1.32 bits per heavy atom. The fourth-order valence-electron chi connectivity index (χ4n) is 2.54. The summed E-state index contributed by atoms with van der Waals surface area (Å²) in [5.41, 5.74) is -0.283. The van der Waals surface area contributed by atoms with E-state index < -0.39 is 29.8 Å². The molecular weight excluding hydrogens is 287 g/mol. The zero-order valence-corrected chi connectivity index (χ0v) is 11.9. The lowest BCUT2D eigenvalue weighted by Crippen LogP contribution is -2.45. The van der Waals surface area contributed by atoms with Crippen LogP contribution in [-0.4, -0.2) is 29.1 Å². The van der Waals surface area contributed by atoms with E-state index in [9.17, 15) is 19.1 Å². The fourth-order valence-corrected chi connectivity index (χ4v) is 2.54. The second-order valence-corrected chi connectivity index (χ2v) is 5.19. The molecule has 2 atom stereocenters. The summed E-state index contributed by atoms with van der Waals surface area (Å²) in [7, 11) is 0. The third-order valence-electron chi connectivity index (χ3n) is 3.67. The molecule has 1 fully saturated rings. The smallest absolute Gasteiger partial charge is 0.300 e. The number of benzene rings is 1. The summed E-state index contributed by atoms with van der Waals surface area (Å²) in [6.45, 7) is 0. The van der Waals surface area contributed by atoms with Gasteiger partial charge < -0.3 is 15.7 Å². The lowest BCUT2D eigenvalue weighted by molar-refractivity contribution is -0.111. The summed E-state index contributed by atoms with van der Waals surface area (Å²) >= 11 is 0. The Kier molecular flexibility index (Phi) is 5.12. The number of hydrogen-bond acceptors (Lipinski definition) is 3. The molecule has 6 heteroatoms. The van der Waals surface area contributed by atoms with Crippen LogP contribution >= 0.6 is 0 Å². The Labute approximate surface area is 127 Å². The number of carbonyl (C=O) groups excluding carboxylic acids is 2. The van der Waals surface area contributed by atoms with E-state index in [1.807, 2.05) is 5.92 Å². The highest BCUT2D eigenvalue weighted by Gasteiger charge is 2.27.